The van der Waals surface area contributed by atoms with Crippen LogP contribution in [0.4, 0.5) is 0 Å². The van der Waals surface area contributed by atoms with Gasteiger partial charge in [0.05, 0.1) is 12.7 Å². The van der Waals surface area contributed by atoms with Gasteiger partial charge in [-0.25, -0.2) is 4.98 Å². The van der Waals surface area contributed by atoms with Crippen molar-refractivity contribution in [1.29, 1.82) is 0 Å². The Morgan fingerprint density at radius 1 is 1.55 bits per heavy atom. The van der Waals surface area contributed by atoms with Crippen LogP contribution in [0.2, 0.25) is 0 Å². The third-order valence-corrected chi connectivity index (χ3v) is 4.34. The maximum Gasteiger partial charge on any atom is 0.270 e. The first-order valence-electron chi connectivity index (χ1n) is 6.99. The molecule has 2 aliphatic rings. The lowest BCUT2D eigenvalue weighted by atomic mass is 10.2. The molecule has 2 aliphatic heterocycles. The lowest BCUT2D eigenvalue weighted by molar-refractivity contribution is -0.0462. The topological polar surface area (TPSA) is 54.5 Å². The molecule has 2 fully saturated rings. The number of nitrogens with zero attached hydrogens (tertiary/aromatic N) is 2. The highest BCUT2D eigenvalue weighted by Crippen LogP contribution is 2.22. The van der Waals surface area contributed by atoms with Crippen LogP contribution in [0.15, 0.2) is 22.8 Å². The van der Waals surface area contributed by atoms with Crippen LogP contribution in [0.3, 0.4) is 0 Å². The molecule has 5 nitrogen and oxygen atoms in total. The minimum absolute atomic E-state index is 0.0838. The number of nitrogens with one attached hydrogen (secondary N) is 1. The molecule has 2 atom stereocenters. The number of carbonyl (C=O) groups is 1. The summed E-state index contributed by atoms with van der Waals surface area (Å²) < 4.78 is 6.48. The minimum Gasteiger partial charge on any atom is -0.373 e. The number of aromatic nitrogens is 1. The maximum absolute atomic E-state index is 12.0. The normalized spacial score (nSPS) is 26.2. The van der Waals surface area contributed by atoms with Crippen molar-refractivity contribution in [1.82, 2.24) is 15.2 Å². The molecule has 2 unspecified atom stereocenters. The Bertz CT molecular complexity index is 497. The lowest BCUT2D eigenvalue weighted by Gasteiger charge is -2.35. The van der Waals surface area contributed by atoms with Gasteiger partial charge in [0, 0.05) is 19.1 Å². The Kier molecular flexibility index (Phi) is 4.33. The number of amides is 1. The predicted octanol–water partition coefficient (Wildman–Crippen LogP) is 1.44. The standard InChI is InChI=1S/C14H18BrN3O2/c15-13-5-1-4-12(17-13)14(19)16-7-11-8-18-6-2-3-10(18)9-20-11/h1,4-5,10-11H,2-3,6-9H2,(H,16,19). The molecule has 1 aromatic rings. The van der Waals surface area contributed by atoms with Crippen molar-refractivity contribution in [3.63, 3.8) is 0 Å². The average Bonchev–Trinajstić information content (AvgIpc) is 2.92. The lowest BCUT2D eigenvalue weighted by Crippen LogP contribution is -2.50. The molecule has 0 bridgehead atoms. The Balaban J connectivity index is 1.51. The van der Waals surface area contributed by atoms with Gasteiger partial charge >= 0.3 is 0 Å². The van der Waals surface area contributed by atoms with Gasteiger partial charge in [-0.3, -0.25) is 9.69 Å². The third-order valence-electron chi connectivity index (χ3n) is 3.90. The van der Waals surface area contributed by atoms with E-state index in [1.54, 1.807) is 18.2 Å². The highest BCUT2D eigenvalue weighted by atomic mass is 79.9. The summed E-state index contributed by atoms with van der Waals surface area (Å²) in [5.74, 6) is -0.154. The van der Waals surface area contributed by atoms with Crippen molar-refractivity contribution in [2.75, 3.05) is 26.2 Å². The smallest absolute Gasteiger partial charge is 0.270 e. The molecule has 6 heteroatoms. The molecule has 0 saturated carbocycles. The number of fused-ring (bicyclic) bond motifs is 1. The first-order valence-corrected chi connectivity index (χ1v) is 7.78. The van der Waals surface area contributed by atoms with Gasteiger partial charge in [-0.15, -0.1) is 0 Å². The first kappa shape index (κ1) is 14.0. The maximum atomic E-state index is 12.0. The van der Waals surface area contributed by atoms with E-state index in [2.05, 4.69) is 31.1 Å². The van der Waals surface area contributed by atoms with Crippen LogP contribution in [0, 0.1) is 0 Å². The molecule has 3 rings (SSSR count). The van der Waals surface area contributed by atoms with Crippen molar-refractivity contribution in [2.45, 2.75) is 25.0 Å². The van der Waals surface area contributed by atoms with Crippen molar-refractivity contribution in [3.05, 3.63) is 28.5 Å². The summed E-state index contributed by atoms with van der Waals surface area (Å²) in [7, 11) is 0. The summed E-state index contributed by atoms with van der Waals surface area (Å²) in [6.45, 7) is 3.40. The first-order chi connectivity index (χ1) is 9.72. The fraction of sp³-hybridized carbons (Fsp3) is 0.571. The second-order valence-corrected chi connectivity index (χ2v) is 6.11. The van der Waals surface area contributed by atoms with E-state index < -0.39 is 0 Å². The summed E-state index contributed by atoms with van der Waals surface area (Å²) in [6.07, 6.45) is 2.58. The minimum atomic E-state index is -0.154. The molecule has 20 heavy (non-hydrogen) atoms. The van der Waals surface area contributed by atoms with Crippen molar-refractivity contribution in [2.24, 2.45) is 0 Å². The zero-order valence-corrected chi connectivity index (χ0v) is 12.8. The van der Waals surface area contributed by atoms with Crippen LogP contribution in [-0.2, 0) is 4.74 Å². The Hall–Kier alpha value is -0.980. The van der Waals surface area contributed by atoms with Gasteiger partial charge in [0.15, 0.2) is 0 Å². The van der Waals surface area contributed by atoms with Crippen LogP contribution in [-0.4, -0.2) is 54.2 Å². The summed E-state index contributed by atoms with van der Waals surface area (Å²) in [4.78, 5) is 18.6. The molecular weight excluding hydrogens is 322 g/mol. The quantitative estimate of drug-likeness (QED) is 0.846. The van der Waals surface area contributed by atoms with E-state index in [-0.39, 0.29) is 12.0 Å². The molecule has 1 amide bonds. The van der Waals surface area contributed by atoms with E-state index >= 15 is 0 Å². The van der Waals surface area contributed by atoms with Crippen molar-refractivity contribution >= 4 is 21.8 Å². The Morgan fingerprint density at radius 3 is 3.30 bits per heavy atom. The van der Waals surface area contributed by atoms with E-state index in [1.807, 2.05) is 0 Å². The number of rotatable bonds is 3. The van der Waals surface area contributed by atoms with Crippen LogP contribution >= 0.6 is 15.9 Å². The molecular formula is C14H18BrN3O2. The van der Waals surface area contributed by atoms with E-state index in [0.717, 1.165) is 19.7 Å². The second kappa shape index (κ2) is 6.20. The fourth-order valence-corrected chi connectivity index (χ4v) is 3.18. The van der Waals surface area contributed by atoms with Gasteiger partial charge in [0.25, 0.3) is 5.91 Å². The molecule has 1 N–H and O–H groups in total. The Labute approximate surface area is 126 Å². The van der Waals surface area contributed by atoms with Gasteiger partial charge in [0.2, 0.25) is 0 Å². The van der Waals surface area contributed by atoms with Crippen LogP contribution < -0.4 is 5.32 Å². The van der Waals surface area contributed by atoms with Crippen LogP contribution in [0.25, 0.3) is 0 Å². The molecule has 0 spiro atoms. The molecule has 0 radical (unpaired) electrons. The molecule has 108 valence electrons. The largest absolute Gasteiger partial charge is 0.373 e. The molecule has 2 saturated heterocycles. The zero-order valence-electron chi connectivity index (χ0n) is 11.2. The summed E-state index contributed by atoms with van der Waals surface area (Å²) in [6, 6.07) is 5.90. The van der Waals surface area contributed by atoms with Crippen molar-refractivity contribution in [3.8, 4) is 0 Å². The number of halogens is 1. The van der Waals surface area contributed by atoms with E-state index in [9.17, 15) is 4.79 Å². The summed E-state index contributed by atoms with van der Waals surface area (Å²) in [5.41, 5.74) is 0.425. The number of morpholine rings is 1. The number of hydrogen-bond donors (Lipinski definition) is 1. The van der Waals surface area contributed by atoms with E-state index in [1.165, 1.54) is 12.8 Å². The molecule has 3 heterocycles. The second-order valence-electron chi connectivity index (χ2n) is 5.30. The molecule has 1 aromatic heterocycles. The number of pyridine rings is 1. The van der Waals surface area contributed by atoms with E-state index in [0.29, 0.717) is 22.9 Å². The Morgan fingerprint density at radius 2 is 2.45 bits per heavy atom. The van der Waals surface area contributed by atoms with Gasteiger partial charge in [-0.2, -0.15) is 0 Å². The fourth-order valence-electron chi connectivity index (χ4n) is 2.84. The van der Waals surface area contributed by atoms with Gasteiger partial charge < -0.3 is 10.1 Å². The third kappa shape index (κ3) is 3.19. The molecule has 0 aliphatic carbocycles. The highest BCUT2D eigenvalue weighted by molar-refractivity contribution is 9.10. The van der Waals surface area contributed by atoms with Crippen molar-refractivity contribution < 1.29 is 9.53 Å². The number of hydrogen-bond acceptors (Lipinski definition) is 4. The predicted molar refractivity (Wildman–Crippen MR) is 78.6 cm³/mol. The number of carbonyl (C=O) groups excluding carboxylic acids is 1. The number of ether oxygens (including phenoxy) is 1. The average molecular weight is 340 g/mol. The zero-order chi connectivity index (χ0) is 13.9. The molecule has 0 aromatic carbocycles. The van der Waals surface area contributed by atoms with Gasteiger partial charge in [-0.05, 0) is 47.4 Å². The SMILES string of the molecule is O=C(NCC1CN2CCCC2CO1)c1cccc(Br)n1. The van der Waals surface area contributed by atoms with Gasteiger partial charge in [-0.1, -0.05) is 6.07 Å². The van der Waals surface area contributed by atoms with Gasteiger partial charge in [0.1, 0.15) is 10.3 Å². The monoisotopic (exact) mass is 339 g/mol. The van der Waals surface area contributed by atoms with Crippen LogP contribution in [0.1, 0.15) is 23.3 Å². The highest BCUT2D eigenvalue weighted by Gasteiger charge is 2.32. The summed E-state index contributed by atoms with van der Waals surface area (Å²) in [5, 5.41) is 2.90. The van der Waals surface area contributed by atoms with Crippen LogP contribution in [0.5, 0.6) is 0 Å². The van der Waals surface area contributed by atoms with E-state index in [4.69, 9.17) is 4.74 Å². The summed E-state index contributed by atoms with van der Waals surface area (Å²) >= 11 is 3.27.